The molecule has 0 spiro atoms. The van der Waals surface area contributed by atoms with Crippen LogP contribution in [0.4, 0.5) is 4.39 Å². The topological polar surface area (TPSA) is 95.1 Å². The summed E-state index contributed by atoms with van der Waals surface area (Å²) in [6, 6.07) is 14.1. The van der Waals surface area contributed by atoms with Gasteiger partial charge in [0.1, 0.15) is 16.5 Å². The zero-order valence-corrected chi connectivity index (χ0v) is 18.1. The predicted octanol–water partition coefficient (Wildman–Crippen LogP) is 4.23. The van der Waals surface area contributed by atoms with Crippen molar-refractivity contribution in [3.8, 4) is 16.5 Å². The molecule has 0 unspecified atom stereocenters. The minimum Gasteiger partial charge on any atom is -0.494 e. The van der Waals surface area contributed by atoms with E-state index in [0.717, 1.165) is 26.8 Å². The molecule has 0 fully saturated rings. The van der Waals surface area contributed by atoms with Gasteiger partial charge in [0.05, 0.1) is 4.88 Å². The molecule has 2 aromatic heterocycles. The summed E-state index contributed by atoms with van der Waals surface area (Å²) < 4.78 is 14.3. The van der Waals surface area contributed by atoms with Crippen LogP contribution in [0.15, 0.2) is 53.3 Å². The number of halogens is 1. The van der Waals surface area contributed by atoms with Crippen molar-refractivity contribution in [2.24, 2.45) is 0 Å². The molecule has 9 heteroatoms. The maximum atomic E-state index is 14.3. The standard InChI is InChI=1S/C22H18FN3O3S2/c1-12-18(25-21(30-12)14-5-3-2-4-6-14)20(28)24-11-15-9-13(7-8-16(15)23)10-17-19(27)26-22(29)31-17/h2-9,27H,10-11H2,1H3,(H,24,28)(H,26,29). The normalized spacial score (nSPS) is 10.9. The fourth-order valence-electron chi connectivity index (χ4n) is 3.10. The minimum atomic E-state index is -0.449. The van der Waals surface area contributed by atoms with Gasteiger partial charge in [-0.05, 0) is 18.6 Å². The lowest BCUT2D eigenvalue weighted by Crippen LogP contribution is -2.24. The van der Waals surface area contributed by atoms with Crippen molar-refractivity contribution in [2.75, 3.05) is 0 Å². The number of carbonyl (C=O) groups is 1. The molecule has 0 bridgehead atoms. The van der Waals surface area contributed by atoms with E-state index in [4.69, 9.17) is 0 Å². The number of amides is 1. The second kappa shape index (κ2) is 8.83. The molecular weight excluding hydrogens is 437 g/mol. The van der Waals surface area contributed by atoms with Crippen LogP contribution in [-0.4, -0.2) is 21.0 Å². The number of thiazole rings is 2. The maximum absolute atomic E-state index is 14.3. The molecule has 0 saturated carbocycles. The van der Waals surface area contributed by atoms with Crippen molar-refractivity contribution in [1.82, 2.24) is 15.3 Å². The summed E-state index contributed by atoms with van der Waals surface area (Å²) in [6.07, 6.45) is 0.280. The van der Waals surface area contributed by atoms with Crippen LogP contribution in [-0.2, 0) is 13.0 Å². The predicted molar refractivity (Wildman–Crippen MR) is 119 cm³/mol. The highest BCUT2D eigenvalue weighted by Gasteiger charge is 2.17. The van der Waals surface area contributed by atoms with Gasteiger partial charge in [-0.25, -0.2) is 9.37 Å². The van der Waals surface area contributed by atoms with E-state index in [1.807, 2.05) is 37.3 Å². The van der Waals surface area contributed by atoms with Gasteiger partial charge in [0, 0.05) is 29.0 Å². The zero-order chi connectivity index (χ0) is 22.0. The Morgan fingerprint density at radius 3 is 2.68 bits per heavy atom. The minimum absolute atomic E-state index is 0.00844. The van der Waals surface area contributed by atoms with Gasteiger partial charge in [-0.1, -0.05) is 53.8 Å². The number of benzene rings is 2. The maximum Gasteiger partial charge on any atom is 0.307 e. The average Bonchev–Trinajstić information content (AvgIpc) is 3.30. The molecular formula is C22H18FN3O3S2. The highest BCUT2D eigenvalue weighted by molar-refractivity contribution is 7.15. The quantitative estimate of drug-likeness (QED) is 0.405. The Morgan fingerprint density at radius 1 is 1.19 bits per heavy atom. The number of hydrogen-bond donors (Lipinski definition) is 3. The molecule has 31 heavy (non-hydrogen) atoms. The summed E-state index contributed by atoms with van der Waals surface area (Å²) >= 11 is 2.34. The molecule has 0 aliphatic heterocycles. The highest BCUT2D eigenvalue weighted by Crippen LogP contribution is 2.27. The number of hydrogen-bond acceptors (Lipinski definition) is 6. The lowest BCUT2D eigenvalue weighted by Gasteiger charge is -2.08. The van der Waals surface area contributed by atoms with Gasteiger partial charge in [-0.2, -0.15) is 0 Å². The summed E-state index contributed by atoms with van der Waals surface area (Å²) in [7, 11) is 0. The second-order valence-corrected chi connectivity index (χ2v) is 9.13. The van der Waals surface area contributed by atoms with E-state index >= 15 is 0 Å². The Balaban J connectivity index is 1.48. The van der Waals surface area contributed by atoms with Crippen LogP contribution in [0.3, 0.4) is 0 Å². The fraction of sp³-hybridized carbons (Fsp3) is 0.136. The van der Waals surface area contributed by atoms with Crippen molar-refractivity contribution < 1.29 is 14.3 Å². The summed E-state index contributed by atoms with van der Waals surface area (Å²) in [5.74, 6) is -1.000. The van der Waals surface area contributed by atoms with Crippen molar-refractivity contribution in [3.63, 3.8) is 0 Å². The molecule has 2 aromatic carbocycles. The first-order chi connectivity index (χ1) is 14.9. The van der Waals surface area contributed by atoms with Gasteiger partial charge in [0.25, 0.3) is 5.91 Å². The van der Waals surface area contributed by atoms with Crippen molar-refractivity contribution in [2.45, 2.75) is 19.9 Å². The molecule has 4 rings (SSSR count). The Kier molecular flexibility index (Phi) is 5.97. The SMILES string of the molecule is Cc1sc(-c2ccccc2)nc1C(=O)NCc1cc(Cc2sc(=O)[nH]c2O)ccc1F. The summed E-state index contributed by atoms with van der Waals surface area (Å²) in [5.41, 5.74) is 2.28. The molecule has 0 aliphatic rings. The average molecular weight is 456 g/mol. The smallest absolute Gasteiger partial charge is 0.307 e. The summed E-state index contributed by atoms with van der Waals surface area (Å²) in [6.45, 7) is 1.82. The first kappa shape index (κ1) is 21.0. The van der Waals surface area contributed by atoms with E-state index in [1.165, 1.54) is 17.4 Å². The third-order valence-electron chi connectivity index (χ3n) is 4.65. The highest BCUT2D eigenvalue weighted by atomic mass is 32.1. The van der Waals surface area contributed by atoms with Gasteiger partial charge in [0.2, 0.25) is 5.88 Å². The van der Waals surface area contributed by atoms with E-state index in [9.17, 15) is 19.1 Å². The Morgan fingerprint density at radius 2 is 1.97 bits per heavy atom. The van der Waals surface area contributed by atoms with Crippen LogP contribution in [0.5, 0.6) is 5.88 Å². The van der Waals surface area contributed by atoms with Gasteiger partial charge in [-0.15, -0.1) is 11.3 Å². The van der Waals surface area contributed by atoms with Gasteiger partial charge < -0.3 is 10.4 Å². The monoisotopic (exact) mass is 455 g/mol. The number of aromatic nitrogens is 2. The number of aryl methyl sites for hydroxylation is 1. The first-order valence-corrected chi connectivity index (χ1v) is 11.0. The van der Waals surface area contributed by atoms with Crippen LogP contribution in [0.25, 0.3) is 10.6 Å². The van der Waals surface area contributed by atoms with Gasteiger partial charge >= 0.3 is 4.87 Å². The molecule has 1 amide bonds. The number of nitrogens with zero attached hydrogens (tertiary/aromatic N) is 1. The van der Waals surface area contributed by atoms with Crippen LogP contribution >= 0.6 is 22.7 Å². The van der Waals surface area contributed by atoms with E-state index in [1.54, 1.807) is 12.1 Å². The third kappa shape index (κ3) is 4.73. The number of aromatic amines is 1. The fourth-order valence-corrected chi connectivity index (χ4v) is 4.78. The van der Waals surface area contributed by atoms with E-state index in [-0.39, 0.29) is 29.6 Å². The van der Waals surface area contributed by atoms with Crippen molar-refractivity contribution in [1.29, 1.82) is 0 Å². The van der Waals surface area contributed by atoms with Crippen LogP contribution in [0, 0.1) is 12.7 Å². The molecule has 2 heterocycles. The number of rotatable bonds is 6. The molecule has 3 N–H and O–H groups in total. The van der Waals surface area contributed by atoms with Gasteiger partial charge in [0.15, 0.2) is 0 Å². The van der Waals surface area contributed by atoms with Crippen LogP contribution in [0.1, 0.15) is 31.4 Å². The molecule has 6 nitrogen and oxygen atoms in total. The largest absolute Gasteiger partial charge is 0.494 e. The number of H-pyrrole nitrogens is 1. The van der Waals surface area contributed by atoms with E-state index in [2.05, 4.69) is 15.3 Å². The van der Waals surface area contributed by atoms with Crippen LogP contribution in [0.2, 0.25) is 0 Å². The summed E-state index contributed by atoms with van der Waals surface area (Å²) in [5, 5.41) is 13.2. The Labute approximate surface area is 185 Å². The zero-order valence-electron chi connectivity index (χ0n) is 16.4. The molecule has 4 aromatic rings. The summed E-state index contributed by atoms with van der Waals surface area (Å²) in [4.78, 5) is 31.7. The molecule has 0 aliphatic carbocycles. The number of carbonyl (C=O) groups excluding carboxylic acids is 1. The number of aromatic hydroxyl groups is 1. The number of nitrogens with one attached hydrogen (secondary N) is 2. The Hall–Kier alpha value is -3.30. The van der Waals surface area contributed by atoms with Gasteiger partial charge in [-0.3, -0.25) is 14.6 Å². The van der Waals surface area contributed by atoms with Crippen LogP contribution < -0.4 is 10.2 Å². The molecule has 0 atom stereocenters. The molecule has 0 radical (unpaired) electrons. The first-order valence-electron chi connectivity index (χ1n) is 9.40. The lowest BCUT2D eigenvalue weighted by molar-refractivity contribution is 0.0946. The van der Waals surface area contributed by atoms with E-state index in [0.29, 0.717) is 21.7 Å². The van der Waals surface area contributed by atoms with E-state index < -0.39 is 5.82 Å². The Bertz CT molecular complexity index is 1300. The van der Waals surface area contributed by atoms with Crippen molar-refractivity contribution >= 4 is 28.6 Å². The lowest BCUT2D eigenvalue weighted by atomic mass is 10.1. The molecule has 0 saturated heterocycles. The van der Waals surface area contributed by atoms with Crippen molar-refractivity contribution in [3.05, 3.63) is 90.6 Å². The second-order valence-electron chi connectivity index (χ2n) is 6.86. The third-order valence-corrected chi connectivity index (χ3v) is 6.54. The molecule has 158 valence electrons.